The van der Waals surface area contributed by atoms with E-state index in [1.54, 1.807) is 6.26 Å². The number of aryl methyl sites for hydroxylation is 1. The molecule has 2 unspecified atom stereocenters. The maximum atomic E-state index is 5.39. The van der Waals surface area contributed by atoms with Gasteiger partial charge >= 0.3 is 0 Å². The van der Waals surface area contributed by atoms with E-state index in [2.05, 4.69) is 32.2 Å². The maximum absolute atomic E-state index is 5.39. The average molecular weight is 223 g/mol. The molecular formula is C14H25NO. The third kappa shape index (κ3) is 3.67. The highest BCUT2D eigenvalue weighted by Crippen LogP contribution is 2.26. The van der Waals surface area contributed by atoms with Gasteiger partial charge in [-0.3, -0.25) is 0 Å². The Morgan fingerprint density at radius 1 is 1.38 bits per heavy atom. The van der Waals surface area contributed by atoms with Crippen LogP contribution >= 0.6 is 0 Å². The van der Waals surface area contributed by atoms with Gasteiger partial charge in [0.1, 0.15) is 5.76 Å². The molecule has 0 aromatic carbocycles. The van der Waals surface area contributed by atoms with E-state index >= 15 is 0 Å². The molecule has 0 saturated carbocycles. The predicted octanol–water partition coefficient (Wildman–Crippen LogP) is 4.06. The van der Waals surface area contributed by atoms with Crippen molar-refractivity contribution in [2.45, 2.75) is 53.0 Å². The van der Waals surface area contributed by atoms with Crippen molar-refractivity contribution in [1.82, 2.24) is 5.32 Å². The summed E-state index contributed by atoms with van der Waals surface area (Å²) in [5, 5.41) is 3.56. The van der Waals surface area contributed by atoms with Crippen LogP contribution in [0.5, 0.6) is 0 Å². The van der Waals surface area contributed by atoms with E-state index in [4.69, 9.17) is 4.42 Å². The van der Waals surface area contributed by atoms with Crippen molar-refractivity contribution in [3.8, 4) is 0 Å². The van der Waals surface area contributed by atoms with E-state index in [-0.39, 0.29) is 0 Å². The summed E-state index contributed by atoms with van der Waals surface area (Å²) in [6.07, 6.45) is 5.56. The van der Waals surface area contributed by atoms with Crippen LogP contribution in [0, 0.1) is 12.8 Å². The first-order valence-electron chi connectivity index (χ1n) is 6.46. The van der Waals surface area contributed by atoms with Gasteiger partial charge in [0.05, 0.1) is 6.26 Å². The van der Waals surface area contributed by atoms with E-state index in [1.807, 2.05) is 6.92 Å². The van der Waals surface area contributed by atoms with Gasteiger partial charge < -0.3 is 9.73 Å². The molecule has 0 amide bonds. The number of hydrogen-bond acceptors (Lipinski definition) is 2. The molecule has 0 fully saturated rings. The Bertz CT molecular complexity index is 293. The molecule has 0 aliphatic rings. The Morgan fingerprint density at radius 2 is 2.12 bits per heavy atom. The Hall–Kier alpha value is -0.760. The lowest BCUT2D eigenvalue weighted by molar-refractivity contribution is 0.390. The van der Waals surface area contributed by atoms with Crippen molar-refractivity contribution >= 4 is 0 Å². The van der Waals surface area contributed by atoms with Crippen molar-refractivity contribution in [3.63, 3.8) is 0 Å². The quantitative estimate of drug-likeness (QED) is 0.754. The summed E-state index contributed by atoms with van der Waals surface area (Å²) in [5.74, 6) is 1.82. The van der Waals surface area contributed by atoms with Gasteiger partial charge in [0.2, 0.25) is 0 Å². The van der Waals surface area contributed by atoms with Gasteiger partial charge in [-0.05, 0) is 31.9 Å². The van der Waals surface area contributed by atoms with E-state index in [0.717, 1.165) is 18.2 Å². The van der Waals surface area contributed by atoms with Crippen molar-refractivity contribution in [1.29, 1.82) is 0 Å². The number of nitrogens with one attached hydrogen (secondary N) is 1. The third-order valence-corrected chi connectivity index (χ3v) is 3.14. The normalized spacial score (nSPS) is 15.0. The van der Waals surface area contributed by atoms with E-state index in [0.29, 0.717) is 6.04 Å². The Balaban J connectivity index is 2.64. The van der Waals surface area contributed by atoms with Crippen LogP contribution in [0.2, 0.25) is 0 Å². The molecule has 16 heavy (non-hydrogen) atoms. The highest BCUT2D eigenvalue weighted by atomic mass is 16.3. The zero-order valence-corrected chi connectivity index (χ0v) is 11.0. The van der Waals surface area contributed by atoms with Gasteiger partial charge in [-0.25, -0.2) is 0 Å². The summed E-state index contributed by atoms with van der Waals surface area (Å²) in [7, 11) is 0. The fourth-order valence-electron chi connectivity index (χ4n) is 2.34. The Kier molecular flexibility index (Phi) is 5.61. The molecule has 0 saturated heterocycles. The predicted molar refractivity (Wildman–Crippen MR) is 68.6 cm³/mol. The molecule has 2 atom stereocenters. The monoisotopic (exact) mass is 223 g/mol. The van der Waals surface area contributed by atoms with Gasteiger partial charge in [0.15, 0.2) is 0 Å². The molecule has 1 rings (SSSR count). The minimum Gasteiger partial charge on any atom is -0.469 e. The molecule has 1 aromatic heterocycles. The molecule has 2 nitrogen and oxygen atoms in total. The van der Waals surface area contributed by atoms with Gasteiger partial charge in [0.25, 0.3) is 0 Å². The molecule has 2 heteroatoms. The first kappa shape index (κ1) is 13.3. The zero-order chi connectivity index (χ0) is 12.0. The van der Waals surface area contributed by atoms with Gasteiger partial charge in [-0.2, -0.15) is 0 Å². The van der Waals surface area contributed by atoms with Crippen LogP contribution in [0.15, 0.2) is 16.7 Å². The molecule has 0 radical (unpaired) electrons. The van der Waals surface area contributed by atoms with Crippen LogP contribution in [-0.2, 0) is 0 Å². The number of rotatable bonds is 7. The highest BCUT2D eigenvalue weighted by Gasteiger charge is 2.17. The van der Waals surface area contributed by atoms with Crippen LogP contribution in [0.1, 0.15) is 57.4 Å². The van der Waals surface area contributed by atoms with Crippen molar-refractivity contribution in [3.05, 3.63) is 23.7 Å². The Labute approximate surface area is 99.4 Å². The fourth-order valence-corrected chi connectivity index (χ4v) is 2.34. The molecule has 0 aliphatic carbocycles. The van der Waals surface area contributed by atoms with E-state index in [1.165, 1.54) is 24.8 Å². The van der Waals surface area contributed by atoms with Crippen LogP contribution in [0.4, 0.5) is 0 Å². The van der Waals surface area contributed by atoms with Crippen LogP contribution in [0.3, 0.4) is 0 Å². The molecule has 0 aliphatic heterocycles. The van der Waals surface area contributed by atoms with E-state index in [9.17, 15) is 0 Å². The zero-order valence-electron chi connectivity index (χ0n) is 11.0. The van der Waals surface area contributed by atoms with E-state index < -0.39 is 0 Å². The number of furan rings is 1. The van der Waals surface area contributed by atoms with Crippen molar-refractivity contribution in [2.75, 3.05) is 6.54 Å². The van der Waals surface area contributed by atoms with Crippen LogP contribution in [0.25, 0.3) is 0 Å². The van der Waals surface area contributed by atoms with Crippen molar-refractivity contribution < 1.29 is 4.42 Å². The maximum Gasteiger partial charge on any atom is 0.105 e. The van der Waals surface area contributed by atoms with Gasteiger partial charge in [-0.1, -0.05) is 33.6 Å². The second-order valence-electron chi connectivity index (χ2n) is 4.67. The lowest BCUT2D eigenvalue weighted by Gasteiger charge is -2.21. The first-order valence-corrected chi connectivity index (χ1v) is 6.46. The third-order valence-electron chi connectivity index (χ3n) is 3.14. The minimum atomic E-state index is 0.449. The highest BCUT2D eigenvalue weighted by molar-refractivity contribution is 5.20. The van der Waals surface area contributed by atoms with Crippen molar-refractivity contribution in [2.24, 2.45) is 5.92 Å². The van der Waals surface area contributed by atoms with Gasteiger partial charge in [-0.15, -0.1) is 0 Å². The Morgan fingerprint density at radius 3 is 2.62 bits per heavy atom. The largest absolute Gasteiger partial charge is 0.469 e. The molecular weight excluding hydrogens is 198 g/mol. The molecule has 1 heterocycles. The van der Waals surface area contributed by atoms with Gasteiger partial charge in [0, 0.05) is 11.6 Å². The fraction of sp³-hybridized carbons (Fsp3) is 0.714. The summed E-state index contributed by atoms with van der Waals surface area (Å²) in [4.78, 5) is 0. The molecule has 1 N–H and O–H groups in total. The summed E-state index contributed by atoms with van der Waals surface area (Å²) in [6, 6.07) is 2.55. The molecule has 92 valence electrons. The topological polar surface area (TPSA) is 25.2 Å². The second-order valence-corrected chi connectivity index (χ2v) is 4.67. The SMILES string of the molecule is CCCC(C)CC(NCC)c1ccoc1C. The molecule has 0 bridgehead atoms. The summed E-state index contributed by atoms with van der Waals surface area (Å²) in [5.41, 5.74) is 1.32. The molecule has 1 aromatic rings. The summed E-state index contributed by atoms with van der Waals surface area (Å²) >= 11 is 0. The molecule has 0 spiro atoms. The average Bonchev–Trinajstić information content (AvgIpc) is 2.64. The lowest BCUT2D eigenvalue weighted by atomic mass is 9.93. The van der Waals surface area contributed by atoms with Crippen LogP contribution in [-0.4, -0.2) is 6.54 Å². The van der Waals surface area contributed by atoms with Crippen LogP contribution < -0.4 is 5.32 Å². The first-order chi connectivity index (χ1) is 7.69. The standard InChI is InChI=1S/C14H25NO/c1-5-7-11(3)10-14(15-6-2)13-8-9-16-12(13)4/h8-9,11,14-15H,5-7,10H2,1-4H3. The number of hydrogen-bond donors (Lipinski definition) is 1. The smallest absolute Gasteiger partial charge is 0.105 e. The second kappa shape index (κ2) is 6.74. The summed E-state index contributed by atoms with van der Waals surface area (Å²) < 4.78 is 5.39. The summed E-state index contributed by atoms with van der Waals surface area (Å²) in [6.45, 7) is 9.80. The lowest BCUT2D eigenvalue weighted by Crippen LogP contribution is -2.23. The minimum absolute atomic E-state index is 0.449.